The molecule has 2 aliphatic heterocycles. The molecule has 3 atom stereocenters. The molecule has 176 valence electrons. The molecule has 2 saturated heterocycles. The standard InChI is InChI=1S/C22H27F2N7O2/c1-13-14(2)33-11-10-29(13)20-26-21(30-9-5-6-15(30)12-32)28-22(27-20)31-17-8-4-3-7-16(17)25-19(31)18(23)24/h3-4,7-8,13-15,18,32H,5-6,9-12H2,1-2H3. The van der Waals surface area contributed by atoms with Gasteiger partial charge in [-0.25, -0.2) is 13.8 Å². The van der Waals surface area contributed by atoms with Gasteiger partial charge >= 0.3 is 0 Å². The third kappa shape index (κ3) is 3.89. The van der Waals surface area contributed by atoms with Gasteiger partial charge in [0.25, 0.3) is 6.43 Å². The Balaban J connectivity index is 1.70. The Bertz CT molecular complexity index is 1140. The summed E-state index contributed by atoms with van der Waals surface area (Å²) >= 11 is 0. The molecule has 3 aromatic rings. The van der Waals surface area contributed by atoms with Crippen molar-refractivity contribution in [2.24, 2.45) is 0 Å². The molecule has 9 nitrogen and oxygen atoms in total. The topological polar surface area (TPSA) is 92.4 Å². The van der Waals surface area contributed by atoms with Crippen molar-refractivity contribution in [3.05, 3.63) is 30.1 Å². The van der Waals surface area contributed by atoms with Gasteiger partial charge in [0.2, 0.25) is 17.8 Å². The lowest BCUT2D eigenvalue weighted by Crippen LogP contribution is -2.49. The van der Waals surface area contributed by atoms with Gasteiger partial charge in [0, 0.05) is 13.1 Å². The number of aliphatic hydroxyl groups is 1. The second kappa shape index (κ2) is 8.79. The number of aliphatic hydroxyl groups excluding tert-OH is 1. The molecule has 2 fully saturated rings. The first-order chi connectivity index (χ1) is 16.0. The van der Waals surface area contributed by atoms with E-state index in [4.69, 9.17) is 9.72 Å². The van der Waals surface area contributed by atoms with Gasteiger partial charge in [-0.2, -0.15) is 15.0 Å². The number of benzene rings is 1. The molecule has 1 N–H and O–H groups in total. The molecular formula is C22H27F2N7O2. The van der Waals surface area contributed by atoms with Crippen molar-refractivity contribution in [1.29, 1.82) is 0 Å². The largest absolute Gasteiger partial charge is 0.394 e. The minimum atomic E-state index is -2.81. The highest BCUT2D eigenvalue weighted by Crippen LogP contribution is 2.30. The molecule has 2 aliphatic rings. The number of rotatable bonds is 5. The van der Waals surface area contributed by atoms with Gasteiger partial charge < -0.3 is 19.6 Å². The maximum absolute atomic E-state index is 14.0. The second-order valence-electron chi connectivity index (χ2n) is 8.51. The number of ether oxygens (including phenoxy) is 1. The molecule has 11 heteroatoms. The fraction of sp³-hybridized carbons (Fsp3) is 0.545. The van der Waals surface area contributed by atoms with Crippen LogP contribution in [0.1, 0.15) is 38.9 Å². The first kappa shape index (κ1) is 21.9. The summed E-state index contributed by atoms with van der Waals surface area (Å²) in [6.07, 6.45) is -1.14. The smallest absolute Gasteiger partial charge is 0.296 e. The molecule has 0 spiro atoms. The Morgan fingerprint density at radius 2 is 1.76 bits per heavy atom. The van der Waals surface area contributed by atoms with Crippen molar-refractivity contribution in [2.75, 3.05) is 36.1 Å². The number of fused-ring (bicyclic) bond motifs is 1. The lowest BCUT2D eigenvalue weighted by atomic mass is 10.1. The van der Waals surface area contributed by atoms with E-state index in [1.807, 2.05) is 23.6 Å². The highest BCUT2D eigenvalue weighted by atomic mass is 19.3. The van der Waals surface area contributed by atoms with E-state index in [1.54, 1.807) is 24.3 Å². The van der Waals surface area contributed by atoms with Crippen molar-refractivity contribution >= 4 is 22.9 Å². The van der Waals surface area contributed by atoms with Gasteiger partial charge in [-0.05, 0) is 38.8 Å². The second-order valence-corrected chi connectivity index (χ2v) is 8.51. The van der Waals surface area contributed by atoms with Crippen LogP contribution in [0.4, 0.5) is 20.7 Å². The van der Waals surface area contributed by atoms with E-state index >= 15 is 0 Å². The van der Waals surface area contributed by atoms with E-state index in [1.165, 1.54) is 4.57 Å². The van der Waals surface area contributed by atoms with Crippen LogP contribution < -0.4 is 9.80 Å². The van der Waals surface area contributed by atoms with Crippen LogP contribution in [-0.2, 0) is 4.74 Å². The van der Waals surface area contributed by atoms with Crippen molar-refractivity contribution in [3.8, 4) is 5.95 Å². The number of para-hydroxylation sites is 2. The summed E-state index contributed by atoms with van der Waals surface area (Å²) in [4.78, 5) is 22.1. The number of anilines is 2. The van der Waals surface area contributed by atoms with Gasteiger partial charge in [-0.1, -0.05) is 12.1 Å². The number of imidazole rings is 1. The summed E-state index contributed by atoms with van der Waals surface area (Å²) < 4.78 is 35.1. The molecular weight excluding hydrogens is 432 g/mol. The Morgan fingerprint density at radius 3 is 2.52 bits per heavy atom. The molecule has 0 aliphatic carbocycles. The quantitative estimate of drug-likeness (QED) is 0.623. The number of halogens is 2. The zero-order valence-electron chi connectivity index (χ0n) is 18.6. The highest BCUT2D eigenvalue weighted by molar-refractivity contribution is 5.77. The molecule has 1 aromatic carbocycles. The average molecular weight is 460 g/mol. The van der Waals surface area contributed by atoms with E-state index in [0.29, 0.717) is 42.6 Å². The van der Waals surface area contributed by atoms with Gasteiger partial charge in [-0.15, -0.1) is 0 Å². The van der Waals surface area contributed by atoms with Crippen LogP contribution in [0, 0.1) is 0 Å². The molecule has 5 rings (SSSR count). The first-order valence-electron chi connectivity index (χ1n) is 11.3. The van der Waals surface area contributed by atoms with E-state index < -0.39 is 12.2 Å². The first-order valence-corrected chi connectivity index (χ1v) is 11.3. The fourth-order valence-corrected chi connectivity index (χ4v) is 4.61. The van der Waals surface area contributed by atoms with Crippen LogP contribution in [-0.4, -0.2) is 74.1 Å². The number of alkyl halides is 2. The van der Waals surface area contributed by atoms with Crippen molar-refractivity contribution in [1.82, 2.24) is 24.5 Å². The van der Waals surface area contributed by atoms with Crippen molar-refractivity contribution in [3.63, 3.8) is 0 Å². The summed E-state index contributed by atoms with van der Waals surface area (Å²) in [5, 5.41) is 9.85. The van der Waals surface area contributed by atoms with E-state index in [0.717, 1.165) is 12.8 Å². The molecule has 0 saturated carbocycles. The summed E-state index contributed by atoms with van der Waals surface area (Å²) in [6, 6.07) is 6.81. The van der Waals surface area contributed by atoms with E-state index in [-0.39, 0.29) is 30.7 Å². The minimum absolute atomic E-state index is 0.0110. The number of aromatic nitrogens is 5. The minimum Gasteiger partial charge on any atom is -0.394 e. The molecule has 0 bridgehead atoms. The van der Waals surface area contributed by atoms with Gasteiger partial charge in [0.1, 0.15) is 0 Å². The van der Waals surface area contributed by atoms with Crippen LogP contribution in [0.2, 0.25) is 0 Å². The molecule has 4 heterocycles. The van der Waals surface area contributed by atoms with Crippen molar-refractivity contribution < 1.29 is 18.6 Å². The summed E-state index contributed by atoms with van der Waals surface area (Å²) in [6.45, 7) is 5.75. The summed E-state index contributed by atoms with van der Waals surface area (Å²) in [5.74, 6) is 0.451. The molecule has 0 radical (unpaired) electrons. The summed E-state index contributed by atoms with van der Waals surface area (Å²) in [7, 11) is 0. The monoisotopic (exact) mass is 459 g/mol. The summed E-state index contributed by atoms with van der Waals surface area (Å²) in [5.41, 5.74) is 0.943. The zero-order valence-corrected chi connectivity index (χ0v) is 18.6. The molecule has 0 amide bonds. The number of nitrogens with zero attached hydrogens (tertiary/aromatic N) is 7. The van der Waals surface area contributed by atoms with Crippen LogP contribution in [0.25, 0.3) is 17.0 Å². The van der Waals surface area contributed by atoms with Gasteiger partial charge in [0.05, 0.1) is 42.4 Å². The molecule has 3 unspecified atom stereocenters. The van der Waals surface area contributed by atoms with E-state index in [9.17, 15) is 13.9 Å². The van der Waals surface area contributed by atoms with Crippen LogP contribution >= 0.6 is 0 Å². The van der Waals surface area contributed by atoms with Crippen molar-refractivity contribution in [2.45, 2.75) is 51.3 Å². The lowest BCUT2D eigenvalue weighted by Gasteiger charge is -2.38. The lowest BCUT2D eigenvalue weighted by molar-refractivity contribution is 0.0277. The van der Waals surface area contributed by atoms with Crippen LogP contribution in [0.15, 0.2) is 24.3 Å². The Hall–Kier alpha value is -2.92. The molecule has 2 aromatic heterocycles. The predicted molar refractivity (Wildman–Crippen MR) is 119 cm³/mol. The van der Waals surface area contributed by atoms with Gasteiger partial charge in [-0.3, -0.25) is 4.57 Å². The van der Waals surface area contributed by atoms with Crippen LogP contribution in [0.5, 0.6) is 0 Å². The predicted octanol–water partition coefficient (Wildman–Crippen LogP) is 2.72. The fourth-order valence-electron chi connectivity index (χ4n) is 4.61. The third-order valence-corrected chi connectivity index (χ3v) is 6.57. The highest BCUT2D eigenvalue weighted by Gasteiger charge is 2.32. The Kier molecular flexibility index (Phi) is 5.83. The number of hydrogen-bond donors (Lipinski definition) is 1. The maximum Gasteiger partial charge on any atom is 0.296 e. The maximum atomic E-state index is 14.0. The SMILES string of the molecule is CC1OCCN(c2nc(N3CCCC3CO)nc(-n3c(C(F)F)nc4ccccc43)n2)C1C. The third-order valence-electron chi connectivity index (χ3n) is 6.57. The Morgan fingerprint density at radius 1 is 1.03 bits per heavy atom. The normalized spacial score (nSPS) is 23.8. The van der Waals surface area contributed by atoms with Gasteiger partial charge in [0.15, 0.2) is 5.82 Å². The number of morpholine rings is 1. The van der Waals surface area contributed by atoms with E-state index in [2.05, 4.69) is 15.0 Å². The average Bonchev–Trinajstić information content (AvgIpc) is 3.45. The number of hydrogen-bond acceptors (Lipinski definition) is 8. The zero-order chi connectivity index (χ0) is 23.1. The van der Waals surface area contributed by atoms with Crippen LogP contribution in [0.3, 0.4) is 0 Å². The molecule has 33 heavy (non-hydrogen) atoms. The Labute approximate surface area is 190 Å².